The Morgan fingerprint density at radius 2 is 1.89 bits per heavy atom. The summed E-state index contributed by atoms with van der Waals surface area (Å²) in [5.74, 6) is 5.67. The Bertz CT molecular complexity index is 1540. The van der Waals surface area contributed by atoms with Crippen LogP contribution in [0, 0.1) is 18.8 Å². The molecule has 1 amide bonds. The Morgan fingerprint density at radius 1 is 1.08 bits per heavy atom. The van der Waals surface area contributed by atoms with E-state index in [1.165, 1.54) is 0 Å². The second-order valence-corrected chi connectivity index (χ2v) is 9.11. The summed E-state index contributed by atoms with van der Waals surface area (Å²) in [6, 6.07) is 14.4. The molecule has 1 aliphatic heterocycles. The number of carbonyl (C=O) groups excluding carboxylic acids is 1. The molecule has 0 spiro atoms. The molecule has 0 atom stereocenters. The van der Waals surface area contributed by atoms with Crippen molar-refractivity contribution in [2.75, 3.05) is 31.6 Å². The average Bonchev–Trinajstić information content (AvgIpc) is 3.31. The van der Waals surface area contributed by atoms with Crippen LogP contribution in [-0.2, 0) is 17.5 Å². The van der Waals surface area contributed by atoms with E-state index in [1.54, 1.807) is 30.5 Å². The minimum atomic E-state index is -4.54. The molecule has 1 N–H and O–H groups in total. The van der Waals surface area contributed by atoms with Crippen molar-refractivity contribution in [3.63, 3.8) is 0 Å². The van der Waals surface area contributed by atoms with Crippen molar-refractivity contribution in [2.24, 2.45) is 0 Å². The number of alkyl halides is 3. The fourth-order valence-corrected chi connectivity index (χ4v) is 4.29. The molecule has 0 aliphatic carbocycles. The lowest BCUT2D eigenvalue weighted by Gasteiger charge is -2.27. The maximum absolute atomic E-state index is 13.6. The summed E-state index contributed by atoms with van der Waals surface area (Å²) in [5, 5.41) is 2.64. The van der Waals surface area contributed by atoms with Crippen LogP contribution in [0.1, 0.15) is 38.3 Å². The van der Waals surface area contributed by atoms with E-state index in [0.29, 0.717) is 55.2 Å². The monoisotopic (exact) mass is 518 g/mol. The first kappa shape index (κ1) is 25.5. The van der Waals surface area contributed by atoms with Gasteiger partial charge in [0.1, 0.15) is 11.3 Å². The van der Waals surface area contributed by atoms with Crippen molar-refractivity contribution >= 4 is 17.2 Å². The largest absolute Gasteiger partial charge is 0.416 e. The van der Waals surface area contributed by atoms with Gasteiger partial charge in [0.15, 0.2) is 0 Å². The van der Waals surface area contributed by atoms with E-state index >= 15 is 0 Å². The van der Waals surface area contributed by atoms with Gasteiger partial charge in [0.25, 0.3) is 5.91 Å². The molecule has 6 nitrogen and oxygen atoms in total. The first-order valence-electron chi connectivity index (χ1n) is 12.1. The number of imidazole rings is 1. The molecular formula is C29H25F3N4O2. The van der Waals surface area contributed by atoms with Gasteiger partial charge in [-0.2, -0.15) is 13.2 Å². The summed E-state index contributed by atoms with van der Waals surface area (Å²) in [7, 11) is 0. The zero-order valence-corrected chi connectivity index (χ0v) is 20.7. The Labute approximate surface area is 218 Å². The number of pyridine rings is 1. The minimum absolute atomic E-state index is 0.0898. The van der Waals surface area contributed by atoms with E-state index in [9.17, 15) is 18.0 Å². The molecule has 9 heteroatoms. The van der Waals surface area contributed by atoms with Crippen molar-refractivity contribution in [1.29, 1.82) is 0 Å². The molecule has 5 rings (SSSR count). The maximum Gasteiger partial charge on any atom is 0.416 e. The predicted molar refractivity (Wildman–Crippen MR) is 138 cm³/mol. The van der Waals surface area contributed by atoms with Crippen molar-refractivity contribution in [1.82, 2.24) is 14.3 Å². The molecule has 1 fully saturated rings. The fourth-order valence-electron chi connectivity index (χ4n) is 4.29. The highest BCUT2D eigenvalue weighted by Crippen LogP contribution is 2.32. The van der Waals surface area contributed by atoms with Gasteiger partial charge in [0, 0.05) is 42.6 Å². The summed E-state index contributed by atoms with van der Waals surface area (Å²) in [5.41, 5.74) is 3.04. The molecule has 4 aromatic rings. The number of benzene rings is 2. The smallest absolute Gasteiger partial charge is 0.379 e. The van der Waals surface area contributed by atoms with Gasteiger partial charge in [-0.1, -0.05) is 18.1 Å². The number of fused-ring (bicyclic) bond motifs is 1. The van der Waals surface area contributed by atoms with Gasteiger partial charge in [0.2, 0.25) is 0 Å². The highest BCUT2D eigenvalue weighted by atomic mass is 19.4. The quantitative estimate of drug-likeness (QED) is 0.380. The molecule has 0 saturated carbocycles. The Balaban J connectivity index is 1.39. The number of aryl methyl sites for hydroxylation is 1. The number of hydrogen-bond donors (Lipinski definition) is 1. The Hall–Kier alpha value is -4.13. The van der Waals surface area contributed by atoms with Crippen LogP contribution in [0.4, 0.5) is 18.9 Å². The maximum atomic E-state index is 13.6. The number of morpholine rings is 1. The molecule has 38 heavy (non-hydrogen) atoms. The molecule has 0 unspecified atom stereocenters. The Kier molecular flexibility index (Phi) is 7.18. The summed E-state index contributed by atoms with van der Waals surface area (Å²) >= 11 is 0. The molecule has 3 heterocycles. The van der Waals surface area contributed by atoms with Crippen LogP contribution in [0.5, 0.6) is 0 Å². The number of rotatable bonds is 4. The second-order valence-electron chi connectivity index (χ2n) is 9.11. The van der Waals surface area contributed by atoms with Crippen LogP contribution in [-0.4, -0.2) is 46.5 Å². The van der Waals surface area contributed by atoms with Gasteiger partial charge in [-0.15, -0.1) is 0 Å². The number of halogens is 3. The van der Waals surface area contributed by atoms with Crippen LogP contribution in [0.3, 0.4) is 0 Å². The van der Waals surface area contributed by atoms with Crippen LogP contribution >= 0.6 is 0 Å². The predicted octanol–water partition coefficient (Wildman–Crippen LogP) is 5.15. The standard InChI is InChI=1S/C29H25F3N4O2/c1-20-5-6-23(16-22(20)7-8-26-18-33-27-4-2-3-9-36(26)27)28(37)34-25-15-21(14-24(17-25)29(30,31)32)19-35-10-12-38-13-11-35/h2-6,9,14-18H,10-13,19H2,1H3,(H,34,37). The first-order valence-corrected chi connectivity index (χ1v) is 12.1. The fraction of sp³-hybridized carbons (Fsp3) is 0.241. The van der Waals surface area contributed by atoms with E-state index in [0.717, 1.165) is 23.3 Å². The Morgan fingerprint density at radius 3 is 2.68 bits per heavy atom. The highest BCUT2D eigenvalue weighted by Gasteiger charge is 2.31. The van der Waals surface area contributed by atoms with E-state index in [1.807, 2.05) is 40.6 Å². The van der Waals surface area contributed by atoms with Crippen molar-refractivity contribution in [3.8, 4) is 11.8 Å². The van der Waals surface area contributed by atoms with Gasteiger partial charge in [0.05, 0.1) is 25.0 Å². The van der Waals surface area contributed by atoms with Crippen LogP contribution < -0.4 is 5.32 Å². The first-order chi connectivity index (χ1) is 18.3. The van der Waals surface area contributed by atoms with Gasteiger partial charge < -0.3 is 10.1 Å². The zero-order chi connectivity index (χ0) is 26.7. The van der Waals surface area contributed by atoms with E-state index < -0.39 is 17.6 Å². The number of anilines is 1. The molecular weight excluding hydrogens is 493 g/mol. The average molecular weight is 519 g/mol. The van der Waals surface area contributed by atoms with Crippen molar-refractivity contribution in [2.45, 2.75) is 19.6 Å². The van der Waals surface area contributed by atoms with Crippen molar-refractivity contribution < 1.29 is 22.7 Å². The lowest BCUT2D eigenvalue weighted by atomic mass is 10.0. The number of nitrogens with zero attached hydrogens (tertiary/aromatic N) is 3. The second kappa shape index (κ2) is 10.7. The van der Waals surface area contributed by atoms with Gasteiger partial charge >= 0.3 is 6.18 Å². The van der Waals surface area contributed by atoms with E-state index in [-0.39, 0.29) is 5.69 Å². The van der Waals surface area contributed by atoms with E-state index in [2.05, 4.69) is 22.1 Å². The number of amides is 1. The molecule has 194 valence electrons. The number of hydrogen-bond acceptors (Lipinski definition) is 4. The van der Waals surface area contributed by atoms with Crippen molar-refractivity contribution in [3.05, 3.63) is 101 Å². The molecule has 0 bridgehead atoms. The minimum Gasteiger partial charge on any atom is -0.379 e. The number of nitrogens with one attached hydrogen (secondary N) is 1. The summed E-state index contributed by atoms with van der Waals surface area (Å²) in [4.78, 5) is 19.4. The molecule has 2 aromatic carbocycles. The summed E-state index contributed by atoms with van der Waals surface area (Å²) in [6.07, 6.45) is -0.993. The van der Waals surface area contributed by atoms with Gasteiger partial charge in [-0.05, 0) is 66.4 Å². The van der Waals surface area contributed by atoms with Crippen LogP contribution in [0.25, 0.3) is 5.65 Å². The summed E-state index contributed by atoms with van der Waals surface area (Å²) in [6.45, 7) is 4.58. The molecule has 1 saturated heterocycles. The lowest BCUT2D eigenvalue weighted by Crippen LogP contribution is -2.35. The molecule has 1 aliphatic rings. The van der Waals surface area contributed by atoms with Crippen LogP contribution in [0.2, 0.25) is 0 Å². The van der Waals surface area contributed by atoms with Gasteiger partial charge in [-0.3, -0.25) is 14.1 Å². The third-order valence-electron chi connectivity index (χ3n) is 6.33. The number of ether oxygens (including phenoxy) is 1. The highest BCUT2D eigenvalue weighted by molar-refractivity contribution is 6.04. The third kappa shape index (κ3) is 5.88. The lowest BCUT2D eigenvalue weighted by molar-refractivity contribution is -0.137. The molecule has 0 radical (unpaired) electrons. The number of carbonyl (C=O) groups is 1. The SMILES string of the molecule is Cc1ccc(C(=O)Nc2cc(CN3CCOCC3)cc(C(F)(F)F)c2)cc1C#Cc1cnc2ccccn12. The third-order valence-corrected chi connectivity index (χ3v) is 6.33. The zero-order valence-electron chi connectivity index (χ0n) is 20.7. The van der Waals surface area contributed by atoms with E-state index in [4.69, 9.17) is 4.74 Å². The molecule has 2 aromatic heterocycles. The van der Waals surface area contributed by atoms with Gasteiger partial charge in [-0.25, -0.2) is 4.98 Å². The normalized spacial score (nSPS) is 14.2. The number of aromatic nitrogens is 2. The topological polar surface area (TPSA) is 58.9 Å². The van der Waals surface area contributed by atoms with Crippen LogP contribution in [0.15, 0.2) is 67.0 Å². The summed E-state index contributed by atoms with van der Waals surface area (Å²) < 4.78 is 48.0.